The second-order valence-corrected chi connectivity index (χ2v) is 11.8. The summed E-state index contributed by atoms with van der Waals surface area (Å²) in [5.41, 5.74) is 1.33. The molecular weight excluding hydrogens is 554 g/mol. The second-order valence-electron chi connectivity index (χ2n) is 9.93. The van der Waals surface area contributed by atoms with E-state index >= 15 is 0 Å². The molecule has 0 aliphatic rings. The molecule has 0 aromatic heterocycles. The summed E-state index contributed by atoms with van der Waals surface area (Å²) in [7, 11) is -1.35. The van der Waals surface area contributed by atoms with Crippen molar-refractivity contribution in [1.82, 2.24) is 10.2 Å². The first-order valence-corrected chi connectivity index (χ1v) is 15.5. The Hall–Kier alpha value is -4.05. The summed E-state index contributed by atoms with van der Waals surface area (Å²) in [4.78, 5) is 28.9. The van der Waals surface area contributed by atoms with Gasteiger partial charge in [-0.25, -0.2) is 8.42 Å². The van der Waals surface area contributed by atoms with Crippen molar-refractivity contribution in [2.75, 3.05) is 31.6 Å². The molecule has 0 saturated carbocycles. The van der Waals surface area contributed by atoms with Crippen LogP contribution in [0.5, 0.6) is 11.5 Å². The predicted molar refractivity (Wildman–Crippen MR) is 164 cm³/mol. The van der Waals surface area contributed by atoms with E-state index in [-0.39, 0.29) is 29.1 Å². The van der Waals surface area contributed by atoms with E-state index in [4.69, 9.17) is 9.47 Å². The van der Waals surface area contributed by atoms with E-state index in [2.05, 4.69) is 5.32 Å². The summed E-state index contributed by atoms with van der Waals surface area (Å²) in [5, 5.41) is 2.99. The van der Waals surface area contributed by atoms with Crippen LogP contribution in [-0.2, 0) is 26.0 Å². The van der Waals surface area contributed by atoms with E-state index in [1.807, 2.05) is 51.1 Å². The summed E-state index contributed by atoms with van der Waals surface area (Å²) in [6.07, 6.45) is 1.62. The molecule has 0 saturated heterocycles. The zero-order chi connectivity index (χ0) is 30.7. The number of amides is 2. The first-order valence-electron chi connectivity index (χ1n) is 14.1. The van der Waals surface area contributed by atoms with Crippen molar-refractivity contribution in [1.29, 1.82) is 0 Å². The topological polar surface area (TPSA) is 105 Å². The van der Waals surface area contributed by atoms with Crippen LogP contribution in [0.25, 0.3) is 0 Å². The summed E-state index contributed by atoms with van der Waals surface area (Å²) < 4.78 is 39.8. The first kappa shape index (κ1) is 32.5. The highest BCUT2D eigenvalue weighted by molar-refractivity contribution is 7.92. The predicted octanol–water partition coefficient (Wildman–Crippen LogP) is 4.66. The third-order valence-electron chi connectivity index (χ3n) is 7.14. The Bertz CT molecular complexity index is 1420. The van der Waals surface area contributed by atoms with Crippen molar-refractivity contribution in [2.24, 2.45) is 0 Å². The van der Waals surface area contributed by atoms with Crippen LogP contribution in [0.15, 0.2) is 83.8 Å². The number of hydrogen-bond donors (Lipinski definition) is 1. The number of carbonyl (C=O) groups excluding carboxylic acids is 2. The van der Waals surface area contributed by atoms with Crippen LogP contribution >= 0.6 is 0 Å². The largest absolute Gasteiger partial charge is 0.493 e. The fourth-order valence-corrected chi connectivity index (χ4v) is 5.99. The maximum absolute atomic E-state index is 14.1. The van der Waals surface area contributed by atoms with Gasteiger partial charge in [0.25, 0.3) is 10.0 Å². The molecule has 0 unspecified atom stereocenters. The number of para-hydroxylation sites is 1. The van der Waals surface area contributed by atoms with Gasteiger partial charge in [0, 0.05) is 18.7 Å². The lowest BCUT2D eigenvalue weighted by atomic mass is 10.1. The Labute approximate surface area is 249 Å². The Morgan fingerprint density at radius 1 is 0.857 bits per heavy atom. The van der Waals surface area contributed by atoms with E-state index in [9.17, 15) is 18.0 Å². The molecule has 3 rings (SSSR count). The quantitative estimate of drug-likeness (QED) is 0.274. The molecule has 0 aliphatic heterocycles. The van der Waals surface area contributed by atoms with Crippen molar-refractivity contribution < 1.29 is 27.5 Å². The van der Waals surface area contributed by atoms with Gasteiger partial charge < -0.3 is 19.7 Å². The van der Waals surface area contributed by atoms with Gasteiger partial charge in [-0.15, -0.1) is 0 Å². The fraction of sp³-hybridized carbons (Fsp3) is 0.375. The van der Waals surface area contributed by atoms with E-state index in [1.54, 1.807) is 30.3 Å². The molecule has 0 fully saturated rings. The number of nitrogens with one attached hydrogen (secondary N) is 1. The van der Waals surface area contributed by atoms with Crippen LogP contribution in [-0.4, -0.2) is 64.5 Å². The average molecular weight is 596 g/mol. The lowest BCUT2D eigenvalue weighted by Gasteiger charge is -2.33. The molecule has 0 spiro atoms. The smallest absolute Gasteiger partial charge is 0.264 e. The standard InChI is InChI=1S/C32H41N3O6S/c1-6-24(3)33-32(37)28(7-2)34(21-20-25-14-10-8-11-15-25)31(36)23-35(26-16-12-9-13-17-26)42(38,39)27-18-19-29(40-4)30(22-27)41-5/h8-19,22,24,28H,6-7,20-21,23H2,1-5H3,(H,33,37)/t24-,28-/m0/s1. The van der Waals surface area contributed by atoms with Crippen molar-refractivity contribution >= 4 is 27.5 Å². The molecule has 3 aromatic carbocycles. The number of nitrogens with zero attached hydrogens (tertiary/aromatic N) is 2. The highest BCUT2D eigenvalue weighted by atomic mass is 32.2. The summed E-state index contributed by atoms with van der Waals surface area (Å²) >= 11 is 0. The van der Waals surface area contributed by atoms with Gasteiger partial charge in [0.15, 0.2) is 11.5 Å². The molecule has 9 nitrogen and oxygen atoms in total. The number of benzene rings is 3. The molecule has 226 valence electrons. The van der Waals surface area contributed by atoms with E-state index in [1.165, 1.54) is 37.3 Å². The number of sulfonamides is 1. The minimum absolute atomic E-state index is 0.0609. The summed E-state index contributed by atoms with van der Waals surface area (Å²) in [5.74, 6) is -0.119. The minimum Gasteiger partial charge on any atom is -0.493 e. The third-order valence-corrected chi connectivity index (χ3v) is 8.91. The van der Waals surface area contributed by atoms with Gasteiger partial charge >= 0.3 is 0 Å². The molecular formula is C32H41N3O6S. The van der Waals surface area contributed by atoms with E-state index < -0.39 is 28.5 Å². The monoisotopic (exact) mass is 595 g/mol. The molecule has 0 heterocycles. The van der Waals surface area contributed by atoms with Crippen molar-refractivity contribution in [2.45, 2.75) is 57.0 Å². The molecule has 0 bridgehead atoms. The highest BCUT2D eigenvalue weighted by Crippen LogP contribution is 2.32. The number of methoxy groups -OCH3 is 2. The number of carbonyl (C=O) groups is 2. The van der Waals surface area contributed by atoms with E-state index in [0.29, 0.717) is 24.3 Å². The lowest BCUT2D eigenvalue weighted by molar-refractivity contribution is -0.139. The Kier molecular flexibility index (Phi) is 11.8. The van der Waals surface area contributed by atoms with Crippen molar-refractivity contribution in [3.63, 3.8) is 0 Å². The zero-order valence-electron chi connectivity index (χ0n) is 24.9. The van der Waals surface area contributed by atoms with Gasteiger partial charge in [0.1, 0.15) is 12.6 Å². The van der Waals surface area contributed by atoms with Crippen LogP contribution in [0.1, 0.15) is 39.2 Å². The Balaban J connectivity index is 2.02. The molecule has 0 radical (unpaired) electrons. The maximum Gasteiger partial charge on any atom is 0.264 e. The molecule has 3 aromatic rings. The average Bonchev–Trinajstić information content (AvgIpc) is 3.01. The van der Waals surface area contributed by atoms with Gasteiger partial charge in [-0.1, -0.05) is 62.4 Å². The number of hydrogen-bond acceptors (Lipinski definition) is 6. The number of anilines is 1. The van der Waals surface area contributed by atoms with Gasteiger partial charge in [-0.05, 0) is 56.0 Å². The summed E-state index contributed by atoms with van der Waals surface area (Å²) in [6, 6.07) is 21.6. The lowest BCUT2D eigenvalue weighted by Crippen LogP contribution is -2.54. The van der Waals surface area contributed by atoms with Crippen molar-refractivity contribution in [3.05, 3.63) is 84.4 Å². The molecule has 10 heteroatoms. The third kappa shape index (κ3) is 8.03. The number of rotatable bonds is 15. The molecule has 0 aliphatic carbocycles. The maximum atomic E-state index is 14.1. The summed E-state index contributed by atoms with van der Waals surface area (Å²) in [6.45, 7) is 5.48. The van der Waals surface area contributed by atoms with Gasteiger partial charge in [0.05, 0.1) is 24.8 Å². The van der Waals surface area contributed by atoms with Crippen LogP contribution in [0.2, 0.25) is 0 Å². The van der Waals surface area contributed by atoms with Gasteiger partial charge in [-0.3, -0.25) is 13.9 Å². The number of ether oxygens (including phenoxy) is 2. The first-order chi connectivity index (χ1) is 20.2. The zero-order valence-corrected chi connectivity index (χ0v) is 25.8. The Morgan fingerprint density at radius 2 is 1.48 bits per heavy atom. The van der Waals surface area contributed by atoms with Crippen LogP contribution in [0, 0.1) is 0 Å². The van der Waals surface area contributed by atoms with Gasteiger partial charge in [-0.2, -0.15) is 0 Å². The fourth-order valence-electron chi connectivity index (χ4n) is 4.56. The van der Waals surface area contributed by atoms with Crippen LogP contribution < -0.4 is 19.1 Å². The van der Waals surface area contributed by atoms with Crippen LogP contribution in [0.3, 0.4) is 0 Å². The second kappa shape index (κ2) is 15.3. The molecule has 2 atom stereocenters. The Morgan fingerprint density at radius 3 is 2.05 bits per heavy atom. The normalized spacial score (nSPS) is 12.6. The SMILES string of the molecule is CC[C@H](C)NC(=O)[C@H](CC)N(CCc1ccccc1)C(=O)CN(c1ccccc1)S(=O)(=O)c1ccc(OC)c(OC)c1. The van der Waals surface area contributed by atoms with Crippen molar-refractivity contribution in [3.8, 4) is 11.5 Å². The van der Waals surface area contributed by atoms with Crippen LogP contribution in [0.4, 0.5) is 5.69 Å². The molecule has 2 amide bonds. The highest BCUT2D eigenvalue weighted by Gasteiger charge is 2.34. The minimum atomic E-state index is -4.23. The van der Waals surface area contributed by atoms with E-state index in [0.717, 1.165) is 16.3 Å². The molecule has 42 heavy (non-hydrogen) atoms. The molecule has 1 N–H and O–H groups in total. The van der Waals surface area contributed by atoms with Gasteiger partial charge in [0.2, 0.25) is 11.8 Å².